The average Bonchev–Trinajstić information content (AvgIpc) is 2.27. The highest BCUT2D eigenvalue weighted by atomic mass is 79.9. The van der Waals surface area contributed by atoms with Gasteiger partial charge in [0.1, 0.15) is 4.83 Å². The van der Waals surface area contributed by atoms with E-state index in [1.165, 1.54) is 39.2 Å². The van der Waals surface area contributed by atoms with Gasteiger partial charge in [0.2, 0.25) is 0 Å². The van der Waals surface area contributed by atoms with Crippen LogP contribution < -0.4 is 0 Å². The lowest BCUT2D eigenvalue weighted by atomic mass is 9.86. The van der Waals surface area contributed by atoms with Gasteiger partial charge in [-0.05, 0) is 18.8 Å². The van der Waals surface area contributed by atoms with Gasteiger partial charge in [0, 0.05) is 4.83 Å². The summed E-state index contributed by atoms with van der Waals surface area (Å²) in [5.74, 6) is 0.421. The van der Waals surface area contributed by atoms with Crippen LogP contribution in [0.15, 0.2) is 0 Å². The van der Waals surface area contributed by atoms with Crippen molar-refractivity contribution in [3.63, 3.8) is 0 Å². The van der Waals surface area contributed by atoms with Gasteiger partial charge in [0.05, 0.1) is 7.11 Å². The summed E-state index contributed by atoms with van der Waals surface area (Å²) in [4.78, 5) is 11.3. The van der Waals surface area contributed by atoms with E-state index in [9.17, 15) is 4.79 Å². The van der Waals surface area contributed by atoms with E-state index in [-0.39, 0.29) is 15.6 Å². The van der Waals surface area contributed by atoms with E-state index in [1.54, 1.807) is 0 Å². The number of rotatable bonds is 3. The molecule has 1 aliphatic rings. The summed E-state index contributed by atoms with van der Waals surface area (Å²) >= 11 is 6.98. The number of carbonyl (C=O) groups is 1. The van der Waals surface area contributed by atoms with E-state index in [2.05, 4.69) is 31.9 Å². The minimum atomic E-state index is -0.212. The molecule has 4 heteroatoms. The summed E-state index contributed by atoms with van der Waals surface area (Å²) < 4.78 is 4.71. The topological polar surface area (TPSA) is 26.3 Å². The number of hydrogen-bond acceptors (Lipinski definition) is 2. The third kappa shape index (κ3) is 3.23. The van der Waals surface area contributed by atoms with E-state index >= 15 is 0 Å². The van der Waals surface area contributed by atoms with Crippen molar-refractivity contribution in [1.29, 1.82) is 0 Å². The van der Waals surface area contributed by atoms with E-state index in [0.717, 1.165) is 0 Å². The minimum absolute atomic E-state index is 0.183. The zero-order chi connectivity index (χ0) is 10.6. The Hall–Kier alpha value is 0.430. The zero-order valence-corrected chi connectivity index (χ0v) is 11.5. The number of methoxy groups -OCH3 is 1. The van der Waals surface area contributed by atoms with Crippen molar-refractivity contribution in [3.05, 3.63) is 0 Å². The summed E-state index contributed by atoms with van der Waals surface area (Å²) in [6, 6.07) is 0. The lowest BCUT2D eigenvalue weighted by molar-refractivity contribution is -0.139. The van der Waals surface area contributed by atoms with E-state index in [4.69, 9.17) is 4.74 Å². The van der Waals surface area contributed by atoms with E-state index in [1.807, 2.05) is 0 Å². The highest BCUT2D eigenvalue weighted by Crippen LogP contribution is 2.34. The van der Waals surface area contributed by atoms with Crippen LogP contribution in [0.5, 0.6) is 0 Å². The standard InChI is InChI=1S/C10H16Br2O2/c1-14-10(13)9(12)8(11)7-5-3-2-4-6-7/h7-9H,2-6H2,1H3. The van der Waals surface area contributed by atoms with Crippen LogP contribution >= 0.6 is 31.9 Å². The molecule has 0 N–H and O–H groups in total. The van der Waals surface area contributed by atoms with Crippen LogP contribution in [0.4, 0.5) is 0 Å². The number of esters is 1. The van der Waals surface area contributed by atoms with Gasteiger partial charge in [-0.15, -0.1) is 0 Å². The van der Waals surface area contributed by atoms with Crippen molar-refractivity contribution in [2.75, 3.05) is 7.11 Å². The Kier molecular flexibility index (Phi) is 5.45. The van der Waals surface area contributed by atoms with E-state index in [0.29, 0.717) is 5.92 Å². The van der Waals surface area contributed by atoms with Crippen LogP contribution in [-0.2, 0) is 9.53 Å². The maximum Gasteiger partial charge on any atom is 0.320 e. The molecule has 2 unspecified atom stereocenters. The Morgan fingerprint density at radius 1 is 1.29 bits per heavy atom. The molecule has 2 nitrogen and oxygen atoms in total. The van der Waals surface area contributed by atoms with Gasteiger partial charge < -0.3 is 4.74 Å². The number of alkyl halides is 2. The first-order valence-electron chi connectivity index (χ1n) is 5.02. The predicted octanol–water partition coefficient (Wildman–Crippen LogP) is 3.27. The summed E-state index contributed by atoms with van der Waals surface area (Å²) in [6.45, 7) is 0. The number of halogens is 2. The summed E-state index contributed by atoms with van der Waals surface area (Å²) in [6.07, 6.45) is 6.34. The third-order valence-corrected chi connectivity index (χ3v) is 5.74. The molecule has 2 atom stereocenters. The molecule has 0 aliphatic heterocycles. The van der Waals surface area contributed by atoms with Gasteiger partial charge in [-0.1, -0.05) is 51.1 Å². The molecule has 1 rings (SSSR count). The highest BCUT2D eigenvalue weighted by molar-refractivity contribution is 9.12. The van der Waals surface area contributed by atoms with Crippen LogP contribution in [0.2, 0.25) is 0 Å². The van der Waals surface area contributed by atoms with Crippen molar-refractivity contribution < 1.29 is 9.53 Å². The van der Waals surface area contributed by atoms with Gasteiger partial charge in [0.25, 0.3) is 0 Å². The van der Waals surface area contributed by atoms with Gasteiger partial charge in [0.15, 0.2) is 0 Å². The van der Waals surface area contributed by atoms with Crippen molar-refractivity contribution in [1.82, 2.24) is 0 Å². The van der Waals surface area contributed by atoms with Crippen molar-refractivity contribution in [2.45, 2.75) is 41.8 Å². The molecule has 1 saturated carbocycles. The molecule has 1 fully saturated rings. The molecule has 14 heavy (non-hydrogen) atoms. The first-order valence-corrected chi connectivity index (χ1v) is 6.86. The lowest BCUT2D eigenvalue weighted by Crippen LogP contribution is -2.32. The van der Waals surface area contributed by atoms with Gasteiger partial charge in [-0.2, -0.15) is 0 Å². The minimum Gasteiger partial charge on any atom is -0.468 e. The molecule has 0 aromatic heterocycles. The van der Waals surface area contributed by atoms with Crippen LogP contribution in [-0.4, -0.2) is 22.7 Å². The Morgan fingerprint density at radius 3 is 2.36 bits per heavy atom. The second kappa shape index (κ2) is 6.11. The Morgan fingerprint density at radius 2 is 1.86 bits per heavy atom. The third-order valence-electron chi connectivity index (χ3n) is 2.81. The molecular formula is C10H16Br2O2. The summed E-state index contributed by atoms with van der Waals surface area (Å²) in [5.41, 5.74) is 0. The number of ether oxygens (including phenoxy) is 1. The van der Waals surface area contributed by atoms with Crippen LogP contribution in [0.3, 0.4) is 0 Å². The molecular weight excluding hydrogens is 312 g/mol. The van der Waals surface area contributed by atoms with E-state index < -0.39 is 0 Å². The Bertz CT molecular complexity index is 191. The molecule has 0 aromatic rings. The van der Waals surface area contributed by atoms with Crippen LogP contribution in [0.25, 0.3) is 0 Å². The zero-order valence-electron chi connectivity index (χ0n) is 8.34. The smallest absolute Gasteiger partial charge is 0.320 e. The normalized spacial score (nSPS) is 22.8. The first-order chi connectivity index (χ1) is 6.66. The lowest BCUT2D eigenvalue weighted by Gasteiger charge is -2.28. The Balaban J connectivity index is 2.45. The molecule has 0 bridgehead atoms. The summed E-state index contributed by atoms with van der Waals surface area (Å²) in [5, 5.41) is 0. The fraction of sp³-hybridized carbons (Fsp3) is 0.900. The van der Waals surface area contributed by atoms with Gasteiger partial charge >= 0.3 is 5.97 Å². The van der Waals surface area contributed by atoms with Crippen molar-refractivity contribution >= 4 is 37.8 Å². The highest BCUT2D eigenvalue weighted by Gasteiger charge is 2.31. The molecule has 1 aliphatic carbocycles. The van der Waals surface area contributed by atoms with Gasteiger partial charge in [-0.25, -0.2) is 0 Å². The second-order valence-corrected chi connectivity index (χ2v) is 5.81. The molecule has 0 aromatic carbocycles. The quantitative estimate of drug-likeness (QED) is 0.587. The fourth-order valence-electron chi connectivity index (χ4n) is 1.93. The Labute approximate surface area is 102 Å². The van der Waals surface area contributed by atoms with Crippen molar-refractivity contribution in [3.8, 4) is 0 Å². The second-order valence-electron chi connectivity index (χ2n) is 3.77. The molecule has 0 saturated heterocycles. The molecule has 0 radical (unpaired) electrons. The predicted molar refractivity (Wildman–Crippen MR) is 64.0 cm³/mol. The molecule has 82 valence electrons. The summed E-state index contributed by atoms with van der Waals surface area (Å²) in [7, 11) is 1.43. The maximum absolute atomic E-state index is 11.3. The average molecular weight is 328 g/mol. The van der Waals surface area contributed by atoms with Gasteiger partial charge in [-0.3, -0.25) is 4.79 Å². The molecule has 0 heterocycles. The molecule has 0 amide bonds. The maximum atomic E-state index is 11.3. The first kappa shape index (κ1) is 12.5. The van der Waals surface area contributed by atoms with Crippen LogP contribution in [0.1, 0.15) is 32.1 Å². The number of carbonyl (C=O) groups excluding carboxylic acids is 1. The SMILES string of the molecule is COC(=O)C(Br)C(Br)C1CCCCC1. The monoisotopic (exact) mass is 326 g/mol. The van der Waals surface area contributed by atoms with Crippen LogP contribution in [0, 0.1) is 5.92 Å². The number of hydrogen-bond donors (Lipinski definition) is 0. The largest absolute Gasteiger partial charge is 0.468 e. The molecule has 0 spiro atoms. The fourth-order valence-corrected chi connectivity index (χ4v) is 3.30. The van der Waals surface area contributed by atoms with Crippen molar-refractivity contribution in [2.24, 2.45) is 5.92 Å².